The summed E-state index contributed by atoms with van der Waals surface area (Å²) in [5, 5.41) is 0. The van der Waals surface area contributed by atoms with Crippen LogP contribution < -0.4 is 0 Å². The first-order valence-electron chi connectivity index (χ1n) is 6.15. The van der Waals surface area contributed by atoms with E-state index in [4.69, 9.17) is 4.74 Å². The predicted molar refractivity (Wildman–Crippen MR) is 72.3 cm³/mol. The number of ether oxygens (including phenoxy) is 1. The van der Waals surface area contributed by atoms with Crippen molar-refractivity contribution in [3.63, 3.8) is 0 Å². The van der Waals surface area contributed by atoms with Crippen LogP contribution >= 0.6 is 11.8 Å². The molecule has 1 fully saturated rings. The van der Waals surface area contributed by atoms with Crippen LogP contribution in [0.1, 0.15) is 13.8 Å². The molecule has 1 heterocycles. The summed E-state index contributed by atoms with van der Waals surface area (Å²) in [6, 6.07) is 1.31. The van der Waals surface area contributed by atoms with Crippen LogP contribution in [0.5, 0.6) is 0 Å². The molecule has 0 saturated carbocycles. The lowest BCUT2D eigenvalue weighted by Crippen LogP contribution is -2.57. The van der Waals surface area contributed by atoms with E-state index in [0.29, 0.717) is 12.1 Å². The topological polar surface area (TPSA) is 15.7 Å². The molecule has 0 radical (unpaired) electrons. The van der Waals surface area contributed by atoms with Gasteiger partial charge in [0, 0.05) is 51.1 Å². The van der Waals surface area contributed by atoms with E-state index < -0.39 is 0 Å². The third-order valence-corrected chi connectivity index (χ3v) is 3.93. The van der Waals surface area contributed by atoms with Crippen LogP contribution in [-0.2, 0) is 4.74 Å². The highest BCUT2D eigenvalue weighted by Crippen LogP contribution is 2.15. The maximum absolute atomic E-state index is 5.17. The zero-order valence-electron chi connectivity index (χ0n) is 11.1. The average Bonchev–Trinajstić information content (AvgIpc) is 2.25. The van der Waals surface area contributed by atoms with Crippen LogP contribution in [-0.4, -0.2) is 73.8 Å². The lowest BCUT2D eigenvalue weighted by Gasteiger charge is -2.44. The number of rotatable bonds is 6. The molecule has 1 saturated heterocycles. The molecule has 16 heavy (non-hydrogen) atoms. The van der Waals surface area contributed by atoms with E-state index in [0.717, 1.165) is 13.2 Å². The molecule has 3 nitrogen and oxygen atoms in total. The van der Waals surface area contributed by atoms with Crippen LogP contribution in [0.15, 0.2) is 0 Å². The van der Waals surface area contributed by atoms with E-state index in [1.807, 2.05) is 11.8 Å². The molecule has 0 bridgehead atoms. The van der Waals surface area contributed by atoms with Gasteiger partial charge in [-0.25, -0.2) is 0 Å². The van der Waals surface area contributed by atoms with E-state index in [1.54, 1.807) is 7.11 Å². The first-order valence-corrected chi connectivity index (χ1v) is 7.54. The van der Waals surface area contributed by atoms with Gasteiger partial charge in [0.1, 0.15) is 0 Å². The summed E-state index contributed by atoms with van der Waals surface area (Å²) in [5.41, 5.74) is 0. The van der Waals surface area contributed by atoms with Gasteiger partial charge in [-0.3, -0.25) is 9.80 Å². The first-order chi connectivity index (χ1) is 7.69. The molecule has 0 N–H and O–H groups in total. The number of hydrogen-bond acceptors (Lipinski definition) is 4. The summed E-state index contributed by atoms with van der Waals surface area (Å²) in [5.74, 6) is 1.25. The Morgan fingerprint density at radius 2 is 1.81 bits per heavy atom. The third-order valence-electron chi connectivity index (χ3n) is 3.34. The van der Waals surface area contributed by atoms with E-state index in [9.17, 15) is 0 Å². The summed E-state index contributed by atoms with van der Waals surface area (Å²) in [6.45, 7) is 10.2. The molecule has 0 amide bonds. The molecule has 1 rings (SSSR count). The molecule has 2 unspecified atom stereocenters. The SMILES string of the molecule is COCCN1C(C)CN(CCSC)CC1C. The second-order valence-electron chi connectivity index (χ2n) is 4.68. The van der Waals surface area contributed by atoms with Crippen molar-refractivity contribution in [3.05, 3.63) is 0 Å². The molecule has 96 valence electrons. The minimum absolute atomic E-state index is 0.653. The minimum Gasteiger partial charge on any atom is -0.383 e. The quantitative estimate of drug-likeness (QED) is 0.703. The van der Waals surface area contributed by atoms with Gasteiger partial charge in [-0.1, -0.05) is 0 Å². The van der Waals surface area contributed by atoms with E-state index in [2.05, 4.69) is 29.9 Å². The normalized spacial score (nSPS) is 28.5. The van der Waals surface area contributed by atoms with Crippen molar-refractivity contribution in [1.82, 2.24) is 9.80 Å². The van der Waals surface area contributed by atoms with Crippen molar-refractivity contribution >= 4 is 11.8 Å². The fourth-order valence-corrected chi connectivity index (χ4v) is 2.95. The molecule has 0 aromatic heterocycles. The third kappa shape index (κ3) is 4.24. The van der Waals surface area contributed by atoms with Crippen molar-refractivity contribution in [2.24, 2.45) is 0 Å². The van der Waals surface area contributed by atoms with Crippen molar-refractivity contribution in [3.8, 4) is 0 Å². The largest absolute Gasteiger partial charge is 0.383 e. The summed E-state index contributed by atoms with van der Waals surface area (Å²) in [7, 11) is 1.78. The van der Waals surface area contributed by atoms with Crippen LogP contribution in [0, 0.1) is 0 Å². The first kappa shape index (κ1) is 14.3. The predicted octanol–water partition coefficient (Wildman–Crippen LogP) is 1.39. The molecule has 0 aromatic rings. The minimum atomic E-state index is 0.653. The molecule has 2 atom stereocenters. The number of piperazine rings is 1. The monoisotopic (exact) mass is 246 g/mol. The summed E-state index contributed by atoms with van der Waals surface area (Å²) < 4.78 is 5.17. The highest BCUT2D eigenvalue weighted by Gasteiger charge is 2.28. The molecule has 0 aromatic carbocycles. The van der Waals surface area contributed by atoms with Gasteiger partial charge in [0.2, 0.25) is 0 Å². The molecular weight excluding hydrogens is 220 g/mol. The fourth-order valence-electron chi connectivity index (χ4n) is 2.51. The average molecular weight is 246 g/mol. The van der Waals surface area contributed by atoms with Gasteiger partial charge in [-0.05, 0) is 20.1 Å². The Bertz CT molecular complexity index is 180. The highest BCUT2D eigenvalue weighted by atomic mass is 32.2. The Morgan fingerprint density at radius 3 is 2.31 bits per heavy atom. The highest BCUT2D eigenvalue weighted by molar-refractivity contribution is 7.98. The summed E-state index contributed by atoms with van der Waals surface area (Å²) in [6.07, 6.45) is 2.18. The lowest BCUT2D eigenvalue weighted by molar-refractivity contribution is 0.0236. The zero-order valence-corrected chi connectivity index (χ0v) is 11.9. The second kappa shape index (κ2) is 7.54. The van der Waals surface area contributed by atoms with Crippen molar-refractivity contribution in [2.45, 2.75) is 25.9 Å². The summed E-state index contributed by atoms with van der Waals surface area (Å²) >= 11 is 1.94. The van der Waals surface area contributed by atoms with Gasteiger partial charge in [0.05, 0.1) is 6.61 Å². The number of methoxy groups -OCH3 is 1. The lowest BCUT2D eigenvalue weighted by atomic mass is 10.1. The zero-order chi connectivity index (χ0) is 12.0. The second-order valence-corrected chi connectivity index (χ2v) is 5.67. The van der Waals surface area contributed by atoms with Gasteiger partial charge < -0.3 is 4.74 Å². The van der Waals surface area contributed by atoms with Crippen LogP contribution in [0.4, 0.5) is 0 Å². The van der Waals surface area contributed by atoms with Gasteiger partial charge >= 0.3 is 0 Å². The Kier molecular flexibility index (Phi) is 6.73. The van der Waals surface area contributed by atoms with Gasteiger partial charge in [-0.15, -0.1) is 0 Å². The van der Waals surface area contributed by atoms with E-state index in [-0.39, 0.29) is 0 Å². The maximum atomic E-state index is 5.17. The maximum Gasteiger partial charge on any atom is 0.0589 e. The molecule has 4 heteroatoms. The molecular formula is C12H26N2OS. The molecule has 1 aliphatic rings. The number of hydrogen-bond donors (Lipinski definition) is 0. The standard InChI is InChI=1S/C12H26N2OS/c1-11-9-13(6-8-16-4)10-12(2)14(11)5-7-15-3/h11-12H,5-10H2,1-4H3. The van der Waals surface area contributed by atoms with Crippen LogP contribution in [0.2, 0.25) is 0 Å². The Balaban J connectivity index is 2.37. The Morgan fingerprint density at radius 1 is 1.19 bits per heavy atom. The fraction of sp³-hybridized carbons (Fsp3) is 1.00. The van der Waals surface area contributed by atoms with E-state index >= 15 is 0 Å². The smallest absolute Gasteiger partial charge is 0.0589 e. The van der Waals surface area contributed by atoms with Crippen LogP contribution in [0.3, 0.4) is 0 Å². The van der Waals surface area contributed by atoms with Crippen molar-refractivity contribution in [1.29, 1.82) is 0 Å². The van der Waals surface area contributed by atoms with Gasteiger partial charge in [0.25, 0.3) is 0 Å². The Hall–Kier alpha value is 0.230. The van der Waals surface area contributed by atoms with E-state index in [1.165, 1.54) is 25.4 Å². The number of thioether (sulfide) groups is 1. The van der Waals surface area contributed by atoms with Crippen molar-refractivity contribution in [2.75, 3.05) is 51.9 Å². The molecule has 1 aliphatic heterocycles. The van der Waals surface area contributed by atoms with Gasteiger partial charge in [0.15, 0.2) is 0 Å². The summed E-state index contributed by atoms with van der Waals surface area (Å²) in [4.78, 5) is 5.16. The molecule has 0 spiro atoms. The van der Waals surface area contributed by atoms with Crippen LogP contribution in [0.25, 0.3) is 0 Å². The van der Waals surface area contributed by atoms with Gasteiger partial charge in [-0.2, -0.15) is 11.8 Å². The molecule has 0 aliphatic carbocycles. The van der Waals surface area contributed by atoms with Crippen molar-refractivity contribution < 1.29 is 4.74 Å². The number of nitrogens with zero attached hydrogens (tertiary/aromatic N) is 2. The Labute approximate surface area is 105 Å².